The van der Waals surface area contributed by atoms with Crippen LogP contribution in [-0.4, -0.2) is 20.9 Å². The predicted molar refractivity (Wildman–Crippen MR) is 76.1 cm³/mol. The van der Waals surface area contributed by atoms with Crippen LogP contribution < -0.4 is 0 Å². The number of halogens is 1. The van der Waals surface area contributed by atoms with Crippen LogP contribution >= 0.6 is 15.9 Å². The molecule has 0 atom stereocenters. The minimum atomic E-state index is -0.659. The lowest BCUT2D eigenvalue weighted by molar-refractivity contribution is -0.143. The smallest absolute Gasteiger partial charge is 0.306 e. The number of hydrogen-bond donors (Lipinski definition) is 1. The molecule has 3 rings (SSSR count). The van der Waals surface area contributed by atoms with Crippen molar-refractivity contribution in [2.75, 3.05) is 0 Å². The minimum Gasteiger partial charge on any atom is -0.481 e. The van der Waals surface area contributed by atoms with Crippen molar-refractivity contribution in [2.45, 2.75) is 31.7 Å². The normalized spacial score (nSPS) is 23.6. The van der Waals surface area contributed by atoms with Gasteiger partial charge in [0.25, 0.3) is 0 Å². The average molecular weight is 323 g/mol. The minimum absolute atomic E-state index is 0.171. The monoisotopic (exact) mass is 322 g/mol. The third kappa shape index (κ3) is 2.52. The van der Waals surface area contributed by atoms with E-state index in [1.165, 1.54) is 0 Å². The van der Waals surface area contributed by atoms with Gasteiger partial charge >= 0.3 is 5.97 Å². The Hall–Kier alpha value is -1.36. The van der Waals surface area contributed by atoms with Gasteiger partial charge in [0, 0.05) is 16.1 Å². The van der Waals surface area contributed by atoms with E-state index in [2.05, 4.69) is 33.3 Å². The molecule has 5 heteroatoms. The second-order valence-electron chi connectivity index (χ2n) is 5.16. The summed E-state index contributed by atoms with van der Waals surface area (Å²) in [6.07, 6.45) is 5.35. The van der Waals surface area contributed by atoms with Crippen molar-refractivity contribution in [3.63, 3.8) is 0 Å². The maximum atomic E-state index is 10.9. The first-order chi connectivity index (χ1) is 9.13. The van der Waals surface area contributed by atoms with Crippen LogP contribution in [0.5, 0.6) is 0 Å². The van der Waals surface area contributed by atoms with E-state index in [4.69, 9.17) is 5.11 Å². The quantitative estimate of drug-likeness (QED) is 0.918. The van der Waals surface area contributed by atoms with Crippen LogP contribution in [-0.2, 0) is 4.79 Å². The van der Waals surface area contributed by atoms with Crippen LogP contribution in [0, 0.1) is 5.92 Å². The first kappa shape index (κ1) is 12.7. The number of benzene rings is 1. The van der Waals surface area contributed by atoms with Crippen LogP contribution in [0.3, 0.4) is 0 Å². The number of rotatable bonds is 2. The Morgan fingerprint density at radius 2 is 2.05 bits per heavy atom. The van der Waals surface area contributed by atoms with Crippen molar-refractivity contribution >= 4 is 32.8 Å². The highest BCUT2D eigenvalue weighted by Gasteiger charge is 2.27. The summed E-state index contributed by atoms with van der Waals surface area (Å²) in [5, 5.41) is 14.7. The molecule has 0 unspecified atom stereocenters. The first-order valence-electron chi connectivity index (χ1n) is 6.51. The first-order valence-corrected chi connectivity index (χ1v) is 7.30. The second-order valence-corrected chi connectivity index (χ2v) is 6.07. The van der Waals surface area contributed by atoms with Crippen LogP contribution in [0.2, 0.25) is 0 Å². The highest BCUT2D eigenvalue weighted by atomic mass is 79.9. The van der Waals surface area contributed by atoms with E-state index in [9.17, 15) is 4.79 Å². The molecule has 0 spiro atoms. The third-order valence-corrected chi connectivity index (χ3v) is 4.40. The maximum absolute atomic E-state index is 10.9. The van der Waals surface area contributed by atoms with Crippen LogP contribution in [0.4, 0.5) is 0 Å². The molecular weight excluding hydrogens is 308 g/mol. The summed E-state index contributed by atoms with van der Waals surface area (Å²) in [5.41, 5.74) is 0.989. The van der Waals surface area contributed by atoms with Crippen LogP contribution in [0.15, 0.2) is 28.9 Å². The summed E-state index contributed by atoms with van der Waals surface area (Å²) in [6.45, 7) is 0. The van der Waals surface area contributed by atoms with Gasteiger partial charge in [-0.3, -0.25) is 9.48 Å². The van der Waals surface area contributed by atoms with Gasteiger partial charge in [0.2, 0.25) is 0 Å². The van der Waals surface area contributed by atoms with Gasteiger partial charge in [-0.05, 0) is 43.9 Å². The molecule has 2 aromatic rings. The molecule has 1 aromatic carbocycles. The lowest BCUT2D eigenvalue weighted by Gasteiger charge is -2.26. The number of carboxylic acids is 1. The van der Waals surface area contributed by atoms with Gasteiger partial charge in [-0.1, -0.05) is 15.9 Å². The number of carbonyl (C=O) groups is 1. The number of aliphatic carboxylic acids is 1. The molecule has 1 saturated carbocycles. The Morgan fingerprint density at radius 1 is 1.32 bits per heavy atom. The van der Waals surface area contributed by atoms with E-state index in [1.807, 2.05) is 16.8 Å². The molecule has 0 bridgehead atoms. The molecule has 100 valence electrons. The molecule has 1 heterocycles. The molecule has 1 aliphatic carbocycles. The van der Waals surface area contributed by atoms with Gasteiger partial charge in [0.15, 0.2) is 0 Å². The van der Waals surface area contributed by atoms with Crippen molar-refractivity contribution < 1.29 is 9.90 Å². The van der Waals surface area contributed by atoms with E-state index in [1.54, 1.807) is 0 Å². The summed E-state index contributed by atoms with van der Waals surface area (Å²) < 4.78 is 3.06. The molecule has 4 nitrogen and oxygen atoms in total. The van der Waals surface area contributed by atoms with E-state index in [0.29, 0.717) is 6.04 Å². The maximum Gasteiger partial charge on any atom is 0.306 e. The molecule has 0 aliphatic heterocycles. The fraction of sp³-hybridized carbons (Fsp3) is 0.429. The predicted octanol–water partition coefficient (Wildman–Crippen LogP) is 3.61. The molecule has 1 N–H and O–H groups in total. The lowest BCUT2D eigenvalue weighted by Crippen LogP contribution is -2.23. The van der Waals surface area contributed by atoms with Crippen molar-refractivity contribution in [3.05, 3.63) is 28.9 Å². The lowest BCUT2D eigenvalue weighted by atomic mass is 9.86. The van der Waals surface area contributed by atoms with Gasteiger partial charge in [-0.2, -0.15) is 5.10 Å². The Balaban J connectivity index is 1.80. The molecule has 1 fully saturated rings. The summed E-state index contributed by atoms with van der Waals surface area (Å²) in [4.78, 5) is 10.9. The van der Waals surface area contributed by atoms with Gasteiger partial charge < -0.3 is 5.11 Å². The van der Waals surface area contributed by atoms with E-state index in [0.717, 1.165) is 41.1 Å². The Kier molecular flexibility index (Phi) is 3.31. The zero-order valence-corrected chi connectivity index (χ0v) is 12.0. The molecular formula is C14H15BrN2O2. The fourth-order valence-corrected chi connectivity index (χ4v) is 3.17. The highest BCUT2D eigenvalue weighted by Crippen LogP contribution is 2.33. The third-order valence-electron chi connectivity index (χ3n) is 3.90. The van der Waals surface area contributed by atoms with Gasteiger partial charge in [0.05, 0.1) is 17.5 Å². The van der Waals surface area contributed by atoms with Gasteiger partial charge in [-0.25, -0.2) is 0 Å². The van der Waals surface area contributed by atoms with Gasteiger partial charge in [-0.15, -0.1) is 0 Å². The summed E-state index contributed by atoms with van der Waals surface area (Å²) in [5.74, 6) is -0.830. The summed E-state index contributed by atoms with van der Waals surface area (Å²) in [6, 6.07) is 6.38. The van der Waals surface area contributed by atoms with Crippen LogP contribution in [0.25, 0.3) is 10.9 Å². The highest BCUT2D eigenvalue weighted by molar-refractivity contribution is 9.10. The van der Waals surface area contributed by atoms with E-state index in [-0.39, 0.29) is 5.92 Å². The van der Waals surface area contributed by atoms with Crippen molar-refractivity contribution in [3.8, 4) is 0 Å². The van der Waals surface area contributed by atoms with E-state index < -0.39 is 5.97 Å². The standard InChI is InChI=1S/C14H15BrN2O2/c15-11-3-6-13-10(7-11)8-17(16-13)12-4-1-9(2-5-12)14(18)19/h3,6-9,12H,1-2,4-5H2,(H,18,19). The number of aromatic nitrogens is 2. The summed E-state index contributed by atoms with van der Waals surface area (Å²) >= 11 is 3.46. The van der Waals surface area contributed by atoms with Gasteiger partial charge in [0.1, 0.15) is 0 Å². The fourth-order valence-electron chi connectivity index (χ4n) is 2.79. The van der Waals surface area contributed by atoms with Crippen molar-refractivity contribution in [1.29, 1.82) is 0 Å². The SMILES string of the molecule is O=C(O)C1CCC(n2cc3cc(Br)ccc3n2)CC1. The number of hydrogen-bond acceptors (Lipinski definition) is 2. The number of carboxylic acid groups (broad SMARTS) is 1. The Bertz CT molecular complexity index is 615. The van der Waals surface area contributed by atoms with E-state index >= 15 is 0 Å². The second kappa shape index (κ2) is 4.96. The zero-order valence-electron chi connectivity index (χ0n) is 10.4. The Morgan fingerprint density at radius 3 is 2.74 bits per heavy atom. The molecule has 0 amide bonds. The molecule has 0 saturated heterocycles. The van der Waals surface area contributed by atoms with Crippen LogP contribution in [0.1, 0.15) is 31.7 Å². The largest absolute Gasteiger partial charge is 0.481 e. The Labute approximate surface area is 119 Å². The average Bonchev–Trinajstić information content (AvgIpc) is 2.81. The summed E-state index contributed by atoms with van der Waals surface area (Å²) in [7, 11) is 0. The molecule has 19 heavy (non-hydrogen) atoms. The molecule has 0 radical (unpaired) electrons. The number of nitrogens with zero attached hydrogens (tertiary/aromatic N) is 2. The molecule has 1 aliphatic rings. The van der Waals surface area contributed by atoms with Crippen molar-refractivity contribution in [1.82, 2.24) is 9.78 Å². The molecule has 1 aromatic heterocycles. The topological polar surface area (TPSA) is 55.1 Å². The number of fused-ring (bicyclic) bond motifs is 1. The van der Waals surface area contributed by atoms with Crippen molar-refractivity contribution in [2.24, 2.45) is 5.92 Å². The zero-order chi connectivity index (χ0) is 13.4.